The minimum absolute atomic E-state index is 0.0403. The summed E-state index contributed by atoms with van der Waals surface area (Å²) in [7, 11) is 0. The standard InChI is InChI=1S/C24H36N4O2/c1-18(2)24-26-21-10-9-19(17-22(21)30-24)23(29)25-11-6-12-27-13-15-28(16-14-27)20-7-4-3-5-8-20/h9-10,17-18,20H,3-8,11-16H2,1-2H3,(H,25,29). The molecule has 1 aliphatic heterocycles. The molecule has 1 aromatic heterocycles. The molecule has 2 fully saturated rings. The molecule has 0 atom stereocenters. The lowest BCUT2D eigenvalue weighted by atomic mass is 9.94. The van der Waals surface area contributed by atoms with E-state index in [1.807, 2.05) is 26.0 Å². The number of carbonyl (C=O) groups is 1. The van der Waals surface area contributed by atoms with Gasteiger partial charge in [-0.3, -0.25) is 9.69 Å². The SMILES string of the molecule is CC(C)c1nc2ccc(C(=O)NCCCN3CCN(C4CCCCC4)CC3)cc2o1. The van der Waals surface area contributed by atoms with Crippen molar-refractivity contribution in [2.24, 2.45) is 0 Å². The molecule has 1 saturated heterocycles. The predicted molar refractivity (Wildman–Crippen MR) is 120 cm³/mol. The maximum absolute atomic E-state index is 12.5. The Labute approximate surface area is 180 Å². The third-order valence-electron chi connectivity index (χ3n) is 6.60. The lowest BCUT2D eigenvalue weighted by Gasteiger charge is -2.40. The number of fused-ring (bicyclic) bond motifs is 1. The van der Waals surface area contributed by atoms with Crippen LogP contribution in [-0.4, -0.2) is 66.0 Å². The zero-order valence-corrected chi connectivity index (χ0v) is 18.5. The number of hydrogen-bond acceptors (Lipinski definition) is 5. The lowest BCUT2D eigenvalue weighted by Crippen LogP contribution is -2.51. The van der Waals surface area contributed by atoms with Gasteiger partial charge in [-0.2, -0.15) is 0 Å². The maximum atomic E-state index is 12.5. The fourth-order valence-electron chi connectivity index (χ4n) is 4.74. The molecule has 6 heteroatoms. The number of nitrogens with zero attached hydrogens (tertiary/aromatic N) is 3. The number of oxazole rings is 1. The number of rotatable bonds is 7. The van der Waals surface area contributed by atoms with E-state index in [2.05, 4.69) is 20.1 Å². The Morgan fingerprint density at radius 3 is 2.67 bits per heavy atom. The number of nitrogens with one attached hydrogen (secondary N) is 1. The van der Waals surface area contributed by atoms with E-state index in [9.17, 15) is 4.79 Å². The summed E-state index contributed by atoms with van der Waals surface area (Å²) >= 11 is 0. The Morgan fingerprint density at radius 1 is 1.17 bits per heavy atom. The van der Waals surface area contributed by atoms with Crippen LogP contribution in [-0.2, 0) is 0 Å². The molecule has 0 spiro atoms. The number of hydrogen-bond donors (Lipinski definition) is 1. The minimum atomic E-state index is -0.0403. The highest BCUT2D eigenvalue weighted by atomic mass is 16.3. The molecule has 0 radical (unpaired) electrons. The molecular weight excluding hydrogens is 376 g/mol. The van der Waals surface area contributed by atoms with Crippen LogP contribution in [0.5, 0.6) is 0 Å². The second-order valence-corrected chi connectivity index (χ2v) is 9.17. The summed E-state index contributed by atoms with van der Waals surface area (Å²) in [5.74, 6) is 0.909. The maximum Gasteiger partial charge on any atom is 0.251 e. The molecule has 6 nitrogen and oxygen atoms in total. The molecule has 1 N–H and O–H groups in total. The predicted octanol–water partition coefficient (Wildman–Crippen LogP) is 4.02. The van der Waals surface area contributed by atoms with E-state index in [4.69, 9.17) is 4.42 Å². The Hall–Kier alpha value is -1.92. The normalized spacial score (nSPS) is 19.6. The summed E-state index contributed by atoms with van der Waals surface area (Å²) in [6.45, 7) is 10.6. The van der Waals surface area contributed by atoms with Crippen molar-refractivity contribution in [2.75, 3.05) is 39.3 Å². The van der Waals surface area contributed by atoms with Crippen LogP contribution in [0.4, 0.5) is 0 Å². The van der Waals surface area contributed by atoms with Crippen molar-refractivity contribution in [3.05, 3.63) is 29.7 Å². The van der Waals surface area contributed by atoms with Gasteiger partial charge in [-0.15, -0.1) is 0 Å². The molecule has 1 saturated carbocycles. The van der Waals surface area contributed by atoms with Gasteiger partial charge in [-0.1, -0.05) is 33.1 Å². The summed E-state index contributed by atoms with van der Waals surface area (Å²) in [5.41, 5.74) is 2.12. The van der Waals surface area contributed by atoms with Crippen LogP contribution in [0.2, 0.25) is 0 Å². The van der Waals surface area contributed by atoms with E-state index >= 15 is 0 Å². The van der Waals surface area contributed by atoms with E-state index in [1.54, 1.807) is 6.07 Å². The number of aromatic nitrogens is 1. The van der Waals surface area contributed by atoms with Crippen molar-refractivity contribution in [3.8, 4) is 0 Å². The first-order valence-electron chi connectivity index (χ1n) is 11.8. The number of piperazine rings is 1. The van der Waals surface area contributed by atoms with Crippen molar-refractivity contribution in [1.82, 2.24) is 20.1 Å². The summed E-state index contributed by atoms with van der Waals surface area (Å²) in [5, 5.41) is 3.06. The third-order valence-corrected chi connectivity index (χ3v) is 6.60. The Kier molecular flexibility index (Phi) is 7.05. The second kappa shape index (κ2) is 9.92. The van der Waals surface area contributed by atoms with E-state index in [-0.39, 0.29) is 11.8 Å². The van der Waals surface area contributed by atoms with Gasteiger partial charge < -0.3 is 14.6 Å². The molecule has 1 aromatic carbocycles. The van der Waals surface area contributed by atoms with Gasteiger partial charge in [0.2, 0.25) is 0 Å². The Morgan fingerprint density at radius 2 is 1.93 bits per heavy atom. The molecule has 4 rings (SSSR count). The highest BCUT2D eigenvalue weighted by molar-refractivity contribution is 5.97. The summed E-state index contributed by atoms with van der Waals surface area (Å²) in [6.07, 6.45) is 8.01. The first-order valence-corrected chi connectivity index (χ1v) is 11.8. The molecular formula is C24H36N4O2. The van der Waals surface area contributed by atoms with Gasteiger partial charge in [0.25, 0.3) is 5.91 Å². The third kappa shape index (κ3) is 5.22. The summed E-state index contributed by atoms with van der Waals surface area (Å²) < 4.78 is 5.78. The molecule has 2 heterocycles. The van der Waals surface area contributed by atoms with Crippen LogP contribution in [0.25, 0.3) is 11.1 Å². The van der Waals surface area contributed by atoms with Gasteiger partial charge >= 0.3 is 0 Å². The van der Waals surface area contributed by atoms with Crippen LogP contribution in [0.1, 0.15) is 74.5 Å². The molecule has 2 aliphatic rings. The fraction of sp³-hybridized carbons (Fsp3) is 0.667. The van der Waals surface area contributed by atoms with Gasteiger partial charge in [0, 0.05) is 50.2 Å². The van der Waals surface area contributed by atoms with Crippen molar-refractivity contribution in [2.45, 2.75) is 64.3 Å². The zero-order chi connectivity index (χ0) is 20.9. The quantitative estimate of drug-likeness (QED) is 0.696. The topological polar surface area (TPSA) is 61.6 Å². The lowest BCUT2D eigenvalue weighted by molar-refractivity contribution is 0.0779. The van der Waals surface area contributed by atoms with Crippen LogP contribution < -0.4 is 5.32 Å². The molecule has 1 amide bonds. The molecule has 0 unspecified atom stereocenters. The Bertz CT molecular complexity index is 833. The van der Waals surface area contributed by atoms with Crippen LogP contribution in [0, 0.1) is 0 Å². The summed E-state index contributed by atoms with van der Waals surface area (Å²) in [4.78, 5) is 22.2. The highest BCUT2D eigenvalue weighted by Crippen LogP contribution is 2.24. The van der Waals surface area contributed by atoms with Gasteiger partial charge in [0.1, 0.15) is 5.52 Å². The molecule has 0 bridgehead atoms. The van der Waals surface area contributed by atoms with Gasteiger partial charge in [0.15, 0.2) is 11.5 Å². The minimum Gasteiger partial charge on any atom is -0.440 e. The molecule has 164 valence electrons. The number of benzene rings is 1. The van der Waals surface area contributed by atoms with Crippen LogP contribution in [0.3, 0.4) is 0 Å². The average molecular weight is 413 g/mol. The number of carbonyl (C=O) groups excluding carboxylic acids is 1. The van der Waals surface area contributed by atoms with Crippen molar-refractivity contribution < 1.29 is 9.21 Å². The highest BCUT2D eigenvalue weighted by Gasteiger charge is 2.24. The van der Waals surface area contributed by atoms with Crippen LogP contribution >= 0.6 is 0 Å². The summed E-state index contributed by atoms with van der Waals surface area (Å²) in [6, 6.07) is 6.33. The monoisotopic (exact) mass is 412 g/mol. The van der Waals surface area contributed by atoms with Crippen molar-refractivity contribution in [1.29, 1.82) is 0 Å². The van der Waals surface area contributed by atoms with Crippen LogP contribution in [0.15, 0.2) is 22.6 Å². The average Bonchev–Trinajstić information content (AvgIpc) is 3.21. The first-order chi connectivity index (χ1) is 14.6. The largest absolute Gasteiger partial charge is 0.440 e. The fourth-order valence-corrected chi connectivity index (χ4v) is 4.74. The second-order valence-electron chi connectivity index (χ2n) is 9.17. The molecule has 1 aliphatic carbocycles. The smallest absolute Gasteiger partial charge is 0.251 e. The number of amides is 1. The zero-order valence-electron chi connectivity index (χ0n) is 18.5. The van der Waals surface area contributed by atoms with E-state index in [0.717, 1.165) is 37.6 Å². The molecule has 2 aromatic rings. The van der Waals surface area contributed by atoms with Gasteiger partial charge in [-0.25, -0.2) is 4.98 Å². The van der Waals surface area contributed by atoms with Crippen molar-refractivity contribution >= 4 is 17.0 Å². The van der Waals surface area contributed by atoms with Gasteiger partial charge in [-0.05, 0) is 44.0 Å². The first kappa shape index (κ1) is 21.3. The molecule has 30 heavy (non-hydrogen) atoms. The van der Waals surface area contributed by atoms with Gasteiger partial charge in [0.05, 0.1) is 0 Å². The van der Waals surface area contributed by atoms with E-state index in [0.29, 0.717) is 23.6 Å². The Balaban J connectivity index is 1.18. The van der Waals surface area contributed by atoms with E-state index in [1.165, 1.54) is 45.2 Å². The van der Waals surface area contributed by atoms with E-state index < -0.39 is 0 Å². The van der Waals surface area contributed by atoms with Crippen molar-refractivity contribution in [3.63, 3.8) is 0 Å².